The quantitative estimate of drug-likeness (QED) is 0.136. The van der Waals surface area contributed by atoms with Crippen molar-refractivity contribution in [3.63, 3.8) is 0 Å². The van der Waals surface area contributed by atoms with E-state index in [1.165, 1.54) is 45.8 Å². The molecule has 2 amide bonds. The molecule has 3 unspecified atom stereocenters. The summed E-state index contributed by atoms with van der Waals surface area (Å²) in [6, 6.07) is 5.46. The summed E-state index contributed by atoms with van der Waals surface area (Å²) in [6.45, 7) is 0.0177. The van der Waals surface area contributed by atoms with Crippen molar-refractivity contribution in [3.8, 4) is 0 Å². The summed E-state index contributed by atoms with van der Waals surface area (Å²) >= 11 is 6.07. The molecule has 5 rings (SSSR count). The van der Waals surface area contributed by atoms with E-state index < -0.39 is 39.9 Å². The van der Waals surface area contributed by atoms with Crippen LogP contribution >= 0.6 is 58.0 Å². The molecular weight excluding hydrogens is 651 g/mol. The number of benzene rings is 1. The number of fused-ring (bicyclic) bond motifs is 1. The Balaban J connectivity index is 0.00000231. The molecule has 0 aliphatic carbocycles. The molecule has 12 nitrogen and oxygen atoms in total. The van der Waals surface area contributed by atoms with E-state index in [1.54, 1.807) is 29.1 Å². The van der Waals surface area contributed by atoms with Crippen molar-refractivity contribution in [2.75, 3.05) is 23.8 Å². The number of aromatic carboxylic acids is 1. The molecule has 2 aromatic heterocycles. The maximum absolute atomic E-state index is 13.5. The fraction of sp³-hybridized carbons (Fsp3) is 0.318. The van der Waals surface area contributed by atoms with Crippen molar-refractivity contribution in [1.82, 2.24) is 25.4 Å². The molecule has 0 saturated carbocycles. The van der Waals surface area contributed by atoms with Crippen molar-refractivity contribution < 1.29 is 29.4 Å². The Hall–Kier alpha value is -0.860. The molecular formula is C22H22N6Na2O6S5. The number of nitrogens with one attached hydrogen (secondary N) is 1. The van der Waals surface area contributed by atoms with Crippen LogP contribution in [0.2, 0.25) is 0 Å². The number of nitrogens with zero attached hydrogens (tertiary/aromatic N) is 4. The van der Waals surface area contributed by atoms with Crippen LogP contribution in [0.1, 0.15) is 21.3 Å². The number of anilines is 1. The van der Waals surface area contributed by atoms with Gasteiger partial charge in [0.05, 0.1) is 11.3 Å². The van der Waals surface area contributed by atoms with E-state index in [2.05, 4.69) is 20.5 Å². The number of aliphatic carboxylic acids is 1. The summed E-state index contributed by atoms with van der Waals surface area (Å²) in [4.78, 5) is 56.6. The Labute approximate surface area is 299 Å². The average molecular weight is 673 g/mol. The minimum absolute atomic E-state index is 0. The van der Waals surface area contributed by atoms with Gasteiger partial charge in [0.1, 0.15) is 27.6 Å². The Morgan fingerprint density at radius 3 is 2.61 bits per heavy atom. The summed E-state index contributed by atoms with van der Waals surface area (Å²) < 4.78 is 0.651. The minimum atomic E-state index is -1.17. The van der Waals surface area contributed by atoms with E-state index in [4.69, 9.17) is 5.73 Å². The van der Waals surface area contributed by atoms with Gasteiger partial charge in [-0.1, -0.05) is 35.2 Å². The number of thiazole rings is 1. The Morgan fingerprint density at radius 2 is 1.98 bits per heavy atom. The fourth-order valence-corrected chi connectivity index (χ4v) is 9.24. The molecule has 2 aliphatic rings. The number of amides is 2. The summed E-state index contributed by atoms with van der Waals surface area (Å²) in [5.74, 6) is -2.55. The number of thioether (sulfide) groups is 3. The molecule has 4 heterocycles. The van der Waals surface area contributed by atoms with Crippen LogP contribution in [-0.2, 0) is 14.4 Å². The van der Waals surface area contributed by atoms with Crippen LogP contribution in [0.3, 0.4) is 0 Å². The summed E-state index contributed by atoms with van der Waals surface area (Å²) in [6.07, 6.45) is 0. The van der Waals surface area contributed by atoms with E-state index in [1.807, 2.05) is 0 Å². The standard InChI is InChI=1S/C22H20N6O6S5.2Na.2H/c23-20-25-11(5-35-20)14(39-12-4-2-1-3-10(12)18(31)32)15(29)26-13-16(30)28-6-22(19(33)34,7-36-17(13)28)8-37-21-27-24-9-38-21;;;;/h1-5,9,13-14,17H,6-8H2,(H2,23,25)(H,26,29)(H,31,32)(H,33,34);;;;/t13?,14?,17-,22?;;;;/m1..../s1. The van der Waals surface area contributed by atoms with Gasteiger partial charge in [0.15, 0.2) is 9.47 Å². The van der Waals surface area contributed by atoms with Crippen molar-refractivity contribution >= 4 is 146 Å². The summed E-state index contributed by atoms with van der Waals surface area (Å²) in [5.41, 5.74) is 6.58. The van der Waals surface area contributed by atoms with Crippen LogP contribution in [0.4, 0.5) is 5.13 Å². The van der Waals surface area contributed by atoms with Gasteiger partial charge in [-0.05, 0) is 12.1 Å². The first-order chi connectivity index (χ1) is 18.7. The zero-order chi connectivity index (χ0) is 27.7. The number of carbonyl (C=O) groups is 4. The second kappa shape index (κ2) is 14.7. The molecule has 2 fully saturated rings. The molecule has 208 valence electrons. The van der Waals surface area contributed by atoms with Crippen LogP contribution < -0.4 is 11.1 Å². The maximum atomic E-state index is 13.5. The number of carbonyl (C=O) groups excluding carboxylic acids is 2. The Morgan fingerprint density at radius 1 is 1.22 bits per heavy atom. The molecule has 2 aliphatic heterocycles. The summed E-state index contributed by atoms with van der Waals surface area (Å²) in [5, 5.41) is 30.6. The van der Waals surface area contributed by atoms with Crippen LogP contribution in [0.25, 0.3) is 0 Å². The topological polar surface area (TPSA) is 189 Å². The number of nitrogen functional groups attached to an aromatic ring is 1. The van der Waals surface area contributed by atoms with Gasteiger partial charge >= 0.3 is 71.1 Å². The third-order valence-electron chi connectivity index (χ3n) is 6.12. The molecule has 5 N–H and O–H groups in total. The van der Waals surface area contributed by atoms with Gasteiger partial charge in [0.2, 0.25) is 11.8 Å². The number of aromatic nitrogens is 3. The number of carboxylic acid groups (broad SMARTS) is 2. The van der Waals surface area contributed by atoms with E-state index in [-0.39, 0.29) is 93.8 Å². The summed E-state index contributed by atoms with van der Waals surface area (Å²) in [7, 11) is 0. The Kier molecular flexibility index (Phi) is 12.5. The second-order valence-electron chi connectivity index (χ2n) is 8.64. The first kappa shape index (κ1) is 34.6. The van der Waals surface area contributed by atoms with Crippen molar-refractivity contribution in [2.45, 2.75) is 25.9 Å². The molecule has 41 heavy (non-hydrogen) atoms. The van der Waals surface area contributed by atoms with Gasteiger partial charge in [0, 0.05) is 28.3 Å². The van der Waals surface area contributed by atoms with E-state index in [0.717, 1.165) is 23.1 Å². The average Bonchev–Trinajstić information content (AvgIpc) is 3.60. The molecule has 2 saturated heterocycles. The molecule has 0 radical (unpaired) electrons. The number of nitrogens with two attached hydrogens (primary N) is 1. The SMILES string of the molecule is Nc1nc(C(Sc2ccccc2C(=O)O)C(=O)NC2C(=O)N3CC(CSc4nncs4)(C(=O)O)CS[C@H]23)cs1.[NaH].[NaH]. The van der Waals surface area contributed by atoms with Crippen LogP contribution in [-0.4, -0.2) is 143 Å². The third-order valence-corrected chi connectivity index (χ3v) is 11.8. The van der Waals surface area contributed by atoms with Gasteiger partial charge in [-0.3, -0.25) is 14.4 Å². The van der Waals surface area contributed by atoms with Crippen molar-refractivity contribution in [3.05, 3.63) is 46.4 Å². The van der Waals surface area contributed by atoms with Crippen molar-refractivity contribution in [1.29, 1.82) is 0 Å². The monoisotopic (exact) mass is 672 g/mol. The third kappa shape index (κ3) is 7.45. The van der Waals surface area contributed by atoms with Crippen molar-refractivity contribution in [2.24, 2.45) is 5.41 Å². The molecule has 0 spiro atoms. The zero-order valence-electron chi connectivity index (χ0n) is 19.8. The first-order valence-corrected chi connectivity index (χ1v) is 15.9. The molecule has 1 aromatic carbocycles. The second-order valence-corrected chi connectivity index (χ2v) is 13.8. The number of hydrogen-bond acceptors (Lipinski definition) is 13. The van der Waals surface area contributed by atoms with E-state index in [9.17, 15) is 29.4 Å². The van der Waals surface area contributed by atoms with Gasteiger partial charge in [0.25, 0.3) is 0 Å². The van der Waals surface area contributed by atoms with Gasteiger partial charge in [-0.25, -0.2) is 9.78 Å². The van der Waals surface area contributed by atoms with Gasteiger partial charge in [-0.15, -0.1) is 45.1 Å². The predicted molar refractivity (Wildman–Crippen MR) is 163 cm³/mol. The first-order valence-electron chi connectivity index (χ1n) is 11.2. The molecule has 4 atom stereocenters. The molecule has 19 heteroatoms. The van der Waals surface area contributed by atoms with Crippen LogP contribution in [0.15, 0.2) is 44.4 Å². The fourth-order valence-electron chi connectivity index (χ4n) is 4.10. The number of carboxylic acids is 2. The number of hydrogen-bond donors (Lipinski definition) is 4. The predicted octanol–water partition coefficient (Wildman–Crippen LogP) is 1.07. The molecule has 0 bridgehead atoms. The van der Waals surface area contributed by atoms with Gasteiger partial charge in [-0.2, -0.15) is 0 Å². The Bertz CT molecular complexity index is 1430. The normalized spacial score (nSPS) is 21.9. The van der Waals surface area contributed by atoms with Crippen LogP contribution in [0, 0.1) is 5.41 Å². The number of rotatable bonds is 10. The van der Waals surface area contributed by atoms with Gasteiger partial charge < -0.3 is 26.2 Å². The zero-order valence-corrected chi connectivity index (χ0v) is 23.8. The van der Waals surface area contributed by atoms with E-state index in [0.29, 0.717) is 14.9 Å². The molecule has 3 aromatic rings. The number of β-lactam (4-membered cyclic amide) rings is 1. The van der Waals surface area contributed by atoms with E-state index >= 15 is 0 Å². The van der Waals surface area contributed by atoms with Crippen LogP contribution in [0.5, 0.6) is 0 Å².